The van der Waals surface area contributed by atoms with Crippen LogP contribution in [0, 0.1) is 5.92 Å². The van der Waals surface area contributed by atoms with Crippen LogP contribution in [0.25, 0.3) is 0 Å². The number of halogens is 2. The minimum Gasteiger partial charge on any atom is -0.353 e. The number of imidazole rings is 1. The van der Waals surface area contributed by atoms with Crippen molar-refractivity contribution in [1.29, 1.82) is 0 Å². The van der Waals surface area contributed by atoms with E-state index in [0.29, 0.717) is 18.4 Å². The Kier molecular flexibility index (Phi) is 5.38. The minimum absolute atomic E-state index is 0.0395. The van der Waals surface area contributed by atoms with E-state index in [4.69, 9.17) is 27.9 Å². The molecule has 0 amide bonds. The Morgan fingerprint density at radius 3 is 2.79 bits per heavy atom. The van der Waals surface area contributed by atoms with E-state index >= 15 is 0 Å². The van der Waals surface area contributed by atoms with Gasteiger partial charge in [0.25, 0.3) is 0 Å². The first-order valence-electron chi connectivity index (χ1n) is 10.3. The SMILES string of the molecule is Clc1ccc(CO[C@H]([C@H]2Cc3ccc(Cl)c4c3[C@H](CCC4)C2)n2ccnc2)cc1. The standard InChI is InChI=1S/C24H24Cl2N2O/c25-20-7-4-16(5-8-20)14-29-24(28-11-10-27-15-28)19-12-17-2-1-3-21-22(26)9-6-18(13-19)23(17)21/h4-11,15,17,19,24H,1-3,12-14H2/t17-,19-,24-/m1/s1. The second-order valence-corrected chi connectivity index (χ2v) is 9.07. The van der Waals surface area contributed by atoms with Gasteiger partial charge in [-0.05, 0) is 78.5 Å². The van der Waals surface area contributed by atoms with Gasteiger partial charge < -0.3 is 9.30 Å². The summed E-state index contributed by atoms with van der Waals surface area (Å²) in [6, 6.07) is 12.2. The van der Waals surface area contributed by atoms with Gasteiger partial charge in [0.15, 0.2) is 0 Å². The average Bonchev–Trinajstić information content (AvgIpc) is 3.27. The summed E-state index contributed by atoms with van der Waals surface area (Å²) in [4.78, 5) is 4.27. The van der Waals surface area contributed by atoms with Crippen molar-refractivity contribution in [2.75, 3.05) is 0 Å². The molecule has 3 atom stereocenters. The van der Waals surface area contributed by atoms with Crippen LogP contribution >= 0.6 is 23.2 Å². The summed E-state index contributed by atoms with van der Waals surface area (Å²) in [6.07, 6.45) is 11.4. The lowest BCUT2D eigenvalue weighted by molar-refractivity contribution is -0.0566. The monoisotopic (exact) mass is 426 g/mol. The summed E-state index contributed by atoms with van der Waals surface area (Å²) >= 11 is 12.5. The van der Waals surface area contributed by atoms with Crippen LogP contribution in [0.15, 0.2) is 55.1 Å². The first-order chi connectivity index (χ1) is 14.2. The van der Waals surface area contributed by atoms with E-state index in [9.17, 15) is 0 Å². The van der Waals surface area contributed by atoms with Crippen LogP contribution in [0.3, 0.4) is 0 Å². The Bertz CT molecular complexity index is 985. The topological polar surface area (TPSA) is 27.1 Å². The van der Waals surface area contributed by atoms with Crippen LogP contribution in [-0.2, 0) is 24.2 Å². The molecule has 0 bridgehead atoms. The lowest BCUT2D eigenvalue weighted by Gasteiger charge is -2.39. The van der Waals surface area contributed by atoms with Crippen molar-refractivity contribution in [3.63, 3.8) is 0 Å². The number of ether oxygens (including phenoxy) is 1. The molecule has 0 fully saturated rings. The van der Waals surface area contributed by atoms with Gasteiger partial charge in [-0.15, -0.1) is 0 Å². The molecule has 5 rings (SSSR count). The second kappa shape index (κ2) is 8.14. The van der Waals surface area contributed by atoms with Gasteiger partial charge in [-0.2, -0.15) is 0 Å². The molecule has 0 saturated heterocycles. The molecule has 3 nitrogen and oxygen atoms in total. The third kappa shape index (κ3) is 3.84. The molecule has 0 N–H and O–H groups in total. The van der Waals surface area contributed by atoms with E-state index in [1.54, 1.807) is 0 Å². The largest absolute Gasteiger partial charge is 0.353 e. The fourth-order valence-corrected chi connectivity index (χ4v) is 5.51. The average molecular weight is 427 g/mol. The lowest BCUT2D eigenvalue weighted by atomic mass is 9.69. The lowest BCUT2D eigenvalue weighted by Crippen LogP contribution is -2.30. The first-order valence-corrected chi connectivity index (χ1v) is 11.1. The maximum atomic E-state index is 6.52. The molecule has 0 radical (unpaired) electrons. The number of benzene rings is 2. The molecule has 5 heteroatoms. The number of nitrogens with zero attached hydrogens (tertiary/aromatic N) is 2. The summed E-state index contributed by atoms with van der Waals surface area (Å²) in [5, 5.41) is 1.69. The van der Waals surface area contributed by atoms with Crippen molar-refractivity contribution in [2.45, 2.75) is 50.9 Å². The fourth-order valence-electron chi connectivity index (χ4n) is 5.13. The van der Waals surface area contributed by atoms with Crippen molar-refractivity contribution in [2.24, 2.45) is 5.92 Å². The summed E-state index contributed by atoms with van der Waals surface area (Å²) in [5.74, 6) is 0.984. The molecule has 0 unspecified atom stereocenters. The van der Waals surface area contributed by atoms with Gasteiger partial charge in [-0.3, -0.25) is 0 Å². The van der Waals surface area contributed by atoms with Gasteiger partial charge in [-0.25, -0.2) is 4.98 Å². The van der Waals surface area contributed by atoms with Crippen LogP contribution < -0.4 is 0 Å². The fraction of sp³-hybridized carbons (Fsp3) is 0.375. The Balaban J connectivity index is 1.42. The first kappa shape index (κ1) is 19.2. The maximum absolute atomic E-state index is 6.52. The third-order valence-corrected chi connectivity index (χ3v) is 7.01. The Labute approximate surface area is 181 Å². The highest BCUT2D eigenvalue weighted by atomic mass is 35.5. The molecular formula is C24H24Cl2N2O. The molecular weight excluding hydrogens is 403 g/mol. The van der Waals surface area contributed by atoms with Crippen LogP contribution in [0.4, 0.5) is 0 Å². The summed E-state index contributed by atoms with van der Waals surface area (Å²) in [6.45, 7) is 0.555. The minimum atomic E-state index is -0.0395. The van der Waals surface area contributed by atoms with Gasteiger partial charge in [0.1, 0.15) is 6.23 Å². The second-order valence-electron chi connectivity index (χ2n) is 8.23. The van der Waals surface area contributed by atoms with Crippen LogP contribution in [0.2, 0.25) is 10.0 Å². The predicted molar refractivity (Wildman–Crippen MR) is 116 cm³/mol. The van der Waals surface area contributed by atoms with Gasteiger partial charge in [0.2, 0.25) is 0 Å². The summed E-state index contributed by atoms with van der Waals surface area (Å²) in [5.41, 5.74) is 5.50. The van der Waals surface area contributed by atoms with Crippen molar-refractivity contribution in [3.05, 3.63) is 87.4 Å². The van der Waals surface area contributed by atoms with E-state index in [1.807, 2.05) is 43.0 Å². The molecule has 2 aliphatic rings. The van der Waals surface area contributed by atoms with Gasteiger partial charge in [0, 0.05) is 28.4 Å². The molecule has 29 heavy (non-hydrogen) atoms. The molecule has 0 saturated carbocycles. The highest BCUT2D eigenvalue weighted by molar-refractivity contribution is 6.31. The van der Waals surface area contributed by atoms with E-state index in [0.717, 1.165) is 34.9 Å². The molecule has 0 spiro atoms. The summed E-state index contributed by atoms with van der Waals surface area (Å²) in [7, 11) is 0. The van der Waals surface area contributed by atoms with E-state index < -0.39 is 0 Å². The summed E-state index contributed by atoms with van der Waals surface area (Å²) < 4.78 is 8.60. The highest BCUT2D eigenvalue weighted by Crippen LogP contribution is 2.47. The van der Waals surface area contributed by atoms with E-state index in [1.165, 1.54) is 29.5 Å². The predicted octanol–water partition coefficient (Wildman–Crippen LogP) is 6.59. The van der Waals surface area contributed by atoms with Crippen molar-refractivity contribution in [1.82, 2.24) is 9.55 Å². The molecule has 1 aromatic heterocycles. The Morgan fingerprint density at radius 2 is 2.00 bits per heavy atom. The Morgan fingerprint density at radius 1 is 1.14 bits per heavy atom. The number of rotatable bonds is 5. The smallest absolute Gasteiger partial charge is 0.138 e. The van der Waals surface area contributed by atoms with Crippen LogP contribution in [0.1, 0.15) is 53.7 Å². The van der Waals surface area contributed by atoms with Crippen LogP contribution in [-0.4, -0.2) is 9.55 Å². The molecule has 0 aliphatic heterocycles. The Hall–Kier alpha value is -1.81. The quantitative estimate of drug-likeness (QED) is 0.459. The number of hydrogen-bond acceptors (Lipinski definition) is 2. The molecule has 1 heterocycles. The molecule has 2 aromatic carbocycles. The molecule has 150 valence electrons. The zero-order valence-electron chi connectivity index (χ0n) is 16.2. The van der Waals surface area contributed by atoms with Crippen molar-refractivity contribution >= 4 is 23.2 Å². The molecule has 3 aromatic rings. The zero-order valence-corrected chi connectivity index (χ0v) is 17.7. The van der Waals surface area contributed by atoms with Crippen LogP contribution in [0.5, 0.6) is 0 Å². The van der Waals surface area contributed by atoms with Crippen molar-refractivity contribution < 1.29 is 4.74 Å². The van der Waals surface area contributed by atoms with Gasteiger partial charge in [-0.1, -0.05) is 41.4 Å². The third-order valence-electron chi connectivity index (χ3n) is 6.40. The van der Waals surface area contributed by atoms with Gasteiger partial charge >= 0.3 is 0 Å². The normalized spacial score (nSPS) is 21.6. The molecule has 2 aliphatic carbocycles. The van der Waals surface area contributed by atoms with Crippen molar-refractivity contribution in [3.8, 4) is 0 Å². The highest BCUT2D eigenvalue weighted by Gasteiger charge is 2.36. The van der Waals surface area contributed by atoms with Gasteiger partial charge in [0.05, 0.1) is 12.9 Å². The number of hydrogen-bond donors (Lipinski definition) is 0. The zero-order chi connectivity index (χ0) is 19.8. The maximum Gasteiger partial charge on any atom is 0.138 e. The number of aromatic nitrogens is 2. The van der Waals surface area contributed by atoms with E-state index in [2.05, 4.69) is 21.7 Å². The van der Waals surface area contributed by atoms with E-state index in [-0.39, 0.29) is 6.23 Å².